The summed E-state index contributed by atoms with van der Waals surface area (Å²) >= 11 is 11.2. The van der Waals surface area contributed by atoms with Crippen LogP contribution in [0.5, 0.6) is 0 Å². The Morgan fingerprint density at radius 3 is 3.00 bits per heavy atom. The second kappa shape index (κ2) is 4.96. The molecule has 0 radical (unpaired) electrons. The van der Waals surface area contributed by atoms with Gasteiger partial charge >= 0.3 is 0 Å². The van der Waals surface area contributed by atoms with Gasteiger partial charge in [-0.3, -0.25) is 4.98 Å². The van der Waals surface area contributed by atoms with Gasteiger partial charge in [-0.1, -0.05) is 11.6 Å². The zero-order chi connectivity index (χ0) is 10.7. The third-order valence-corrected chi connectivity index (χ3v) is 4.13. The molecule has 0 amide bonds. The van der Waals surface area contributed by atoms with E-state index in [1.165, 1.54) is 4.88 Å². The summed E-state index contributed by atoms with van der Waals surface area (Å²) in [5, 5.41) is 5.96. The summed E-state index contributed by atoms with van der Waals surface area (Å²) < 4.78 is 1.13. The standard InChI is InChI=1S/C10H8BrClN2S/c11-7-2-4-15-10(7)6-14-9-1-3-13-5-8(9)12/h1-5H,6H2,(H,13,14). The molecule has 0 aliphatic carbocycles. The van der Waals surface area contributed by atoms with Crippen LogP contribution in [0.2, 0.25) is 5.02 Å². The molecule has 2 aromatic heterocycles. The van der Waals surface area contributed by atoms with Crippen molar-refractivity contribution in [2.45, 2.75) is 6.54 Å². The number of pyridine rings is 1. The van der Waals surface area contributed by atoms with E-state index in [2.05, 4.69) is 31.6 Å². The molecule has 0 bridgehead atoms. The monoisotopic (exact) mass is 302 g/mol. The van der Waals surface area contributed by atoms with Crippen molar-refractivity contribution in [1.82, 2.24) is 4.98 Å². The van der Waals surface area contributed by atoms with E-state index in [0.29, 0.717) is 5.02 Å². The molecule has 2 aromatic rings. The van der Waals surface area contributed by atoms with Gasteiger partial charge in [0.05, 0.1) is 17.3 Å². The third kappa shape index (κ3) is 2.71. The summed E-state index contributed by atoms with van der Waals surface area (Å²) in [4.78, 5) is 5.18. The van der Waals surface area contributed by atoms with Gasteiger partial charge in [-0.25, -0.2) is 0 Å². The third-order valence-electron chi connectivity index (χ3n) is 1.90. The van der Waals surface area contributed by atoms with Crippen molar-refractivity contribution in [2.75, 3.05) is 5.32 Å². The van der Waals surface area contributed by atoms with Gasteiger partial charge in [0.2, 0.25) is 0 Å². The van der Waals surface area contributed by atoms with E-state index < -0.39 is 0 Å². The summed E-state index contributed by atoms with van der Waals surface area (Å²) in [6.45, 7) is 0.766. The first-order valence-corrected chi connectivity index (χ1v) is 6.37. The van der Waals surface area contributed by atoms with Gasteiger partial charge in [0.1, 0.15) is 0 Å². The van der Waals surface area contributed by atoms with Gasteiger partial charge in [0.15, 0.2) is 0 Å². The largest absolute Gasteiger partial charge is 0.379 e. The van der Waals surface area contributed by atoms with Crippen molar-refractivity contribution in [3.8, 4) is 0 Å². The normalized spacial score (nSPS) is 10.3. The molecule has 0 aliphatic rings. The smallest absolute Gasteiger partial charge is 0.0820 e. The van der Waals surface area contributed by atoms with E-state index in [1.54, 1.807) is 23.7 Å². The molecule has 1 N–H and O–H groups in total. The summed E-state index contributed by atoms with van der Waals surface area (Å²) in [6, 6.07) is 3.90. The van der Waals surface area contributed by atoms with Crippen molar-refractivity contribution in [1.29, 1.82) is 0 Å². The van der Waals surface area contributed by atoms with E-state index in [9.17, 15) is 0 Å². The Morgan fingerprint density at radius 1 is 1.47 bits per heavy atom. The van der Waals surface area contributed by atoms with Gasteiger partial charge in [-0.2, -0.15) is 0 Å². The maximum Gasteiger partial charge on any atom is 0.0820 e. The fourth-order valence-corrected chi connectivity index (χ4v) is 2.76. The Kier molecular flexibility index (Phi) is 3.61. The first-order chi connectivity index (χ1) is 7.27. The Bertz CT molecular complexity index is 458. The number of aromatic nitrogens is 1. The molecule has 0 atom stereocenters. The summed E-state index contributed by atoms with van der Waals surface area (Å²) in [5.41, 5.74) is 0.909. The highest BCUT2D eigenvalue weighted by molar-refractivity contribution is 9.10. The predicted octanol–water partition coefficient (Wildman–Crippen LogP) is 4.17. The molecule has 2 heterocycles. The van der Waals surface area contributed by atoms with Crippen LogP contribution in [-0.2, 0) is 6.54 Å². The Morgan fingerprint density at radius 2 is 2.33 bits per heavy atom. The van der Waals surface area contributed by atoms with Crippen LogP contribution in [0, 0.1) is 0 Å². The molecule has 0 unspecified atom stereocenters. The zero-order valence-electron chi connectivity index (χ0n) is 7.71. The molecule has 0 aromatic carbocycles. The van der Waals surface area contributed by atoms with Crippen molar-refractivity contribution < 1.29 is 0 Å². The Hall–Kier alpha value is -0.580. The predicted molar refractivity (Wildman–Crippen MR) is 68.6 cm³/mol. The molecule has 0 fully saturated rings. The fourth-order valence-electron chi connectivity index (χ4n) is 1.15. The van der Waals surface area contributed by atoms with E-state index in [-0.39, 0.29) is 0 Å². The molecule has 78 valence electrons. The fraction of sp³-hybridized carbons (Fsp3) is 0.100. The van der Waals surface area contributed by atoms with Crippen molar-refractivity contribution in [3.63, 3.8) is 0 Å². The number of hydrogen-bond donors (Lipinski definition) is 1. The molecule has 5 heteroatoms. The summed E-state index contributed by atoms with van der Waals surface area (Å²) in [5.74, 6) is 0. The van der Waals surface area contributed by atoms with Crippen LogP contribution in [0.25, 0.3) is 0 Å². The first kappa shape index (κ1) is 10.9. The number of nitrogens with zero attached hydrogens (tertiary/aromatic N) is 1. The number of rotatable bonds is 3. The maximum atomic E-state index is 5.97. The van der Waals surface area contributed by atoms with Gasteiger partial charge < -0.3 is 5.32 Å². The van der Waals surface area contributed by atoms with Crippen LogP contribution in [0.15, 0.2) is 34.4 Å². The van der Waals surface area contributed by atoms with Crippen LogP contribution in [0.4, 0.5) is 5.69 Å². The molecule has 2 rings (SSSR count). The average molecular weight is 304 g/mol. The SMILES string of the molecule is Clc1cnccc1NCc1sccc1Br. The molecular formula is C10H8BrClN2S. The van der Waals surface area contributed by atoms with E-state index >= 15 is 0 Å². The van der Waals surface area contributed by atoms with Gasteiger partial charge in [-0.15, -0.1) is 11.3 Å². The van der Waals surface area contributed by atoms with Crippen LogP contribution < -0.4 is 5.32 Å². The van der Waals surface area contributed by atoms with E-state index in [1.807, 2.05) is 12.1 Å². The molecular weight excluding hydrogens is 296 g/mol. The molecule has 0 spiro atoms. The highest BCUT2D eigenvalue weighted by atomic mass is 79.9. The number of thiophene rings is 1. The minimum absolute atomic E-state index is 0.644. The second-order valence-corrected chi connectivity index (χ2v) is 5.16. The van der Waals surface area contributed by atoms with Gasteiger partial charge in [-0.05, 0) is 33.4 Å². The van der Waals surface area contributed by atoms with Crippen LogP contribution in [0.1, 0.15) is 4.88 Å². The first-order valence-electron chi connectivity index (χ1n) is 4.32. The van der Waals surface area contributed by atoms with Crippen molar-refractivity contribution >= 4 is 44.6 Å². The number of anilines is 1. The van der Waals surface area contributed by atoms with Crippen molar-refractivity contribution in [2.24, 2.45) is 0 Å². The molecule has 0 saturated heterocycles. The van der Waals surface area contributed by atoms with E-state index in [4.69, 9.17) is 11.6 Å². The lowest BCUT2D eigenvalue weighted by Gasteiger charge is -2.06. The quantitative estimate of drug-likeness (QED) is 0.920. The minimum Gasteiger partial charge on any atom is -0.379 e. The Balaban J connectivity index is 2.06. The lowest BCUT2D eigenvalue weighted by atomic mass is 10.4. The van der Waals surface area contributed by atoms with E-state index in [0.717, 1.165) is 16.7 Å². The number of nitrogens with one attached hydrogen (secondary N) is 1. The highest BCUT2D eigenvalue weighted by Gasteiger charge is 2.02. The molecule has 15 heavy (non-hydrogen) atoms. The van der Waals surface area contributed by atoms with Crippen LogP contribution in [-0.4, -0.2) is 4.98 Å². The number of hydrogen-bond acceptors (Lipinski definition) is 3. The molecule has 0 saturated carbocycles. The van der Waals surface area contributed by atoms with Crippen LogP contribution >= 0.6 is 38.9 Å². The topological polar surface area (TPSA) is 24.9 Å². The van der Waals surface area contributed by atoms with Gasteiger partial charge in [0, 0.05) is 21.7 Å². The average Bonchev–Trinajstić information content (AvgIpc) is 2.63. The lowest BCUT2D eigenvalue weighted by molar-refractivity contribution is 1.17. The van der Waals surface area contributed by atoms with Crippen molar-refractivity contribution in [3.05, 3.63) is 44.3 Å². The minimum atomic E-state index is 0.644. The second-order valence-electron chi connectivity index (χ2n) is 2.90. The van der Waals surface area contributed by atoms with Crippen LogP contribution in [0.3, 0.4) is 0 Å². The molecule has 2 nitrogen and oxygen atoms in total. The van der Waals surface area contributed by atoms with Gasteiger partial charge in [0.25, 0.3) is 0 Å². The maximum absolute atomic E-state index is 5.97. The molecule has 0 aliphatic heterocycles. The number of halogens is 2. The lowest BCUT2D eigenvalue weighted by Crippen LogP contribution is -1.98. The zero-order valence-corrected chi connectivity index (χ0v) is 10.9. The Labute approximate surface area is 105 Å². The summed E-state index contributed by atoms with van der Waals surface area (Å²) in [7, 11) is 0. The summed E-state index contributed by atoms with van der Waals surface area (Å²) in [6.07, 6.45) is 3.35. The highest BCUT2D eigenvalue weighted by Crippen LogP contribution is 2.25.